The van der Waals surface area contributed by atoms with Crippen LogP contribution >= 0.6 is 11.6 Å². The molecule has 0 amide bonds. The number of fused-ring (bicyclic) bond motifs is 1. The molecule has 2 fully saturated rings. The van der Waals surface area contributed by atoms with Gasteiger partial charge in [0.05, 0.1) is 12.2 Å². The van der Waals surface area contributed by atoms with E-state index in [1.807, 2.05) is 0 Å². The third-order valence-electron chi connectivity index (χ3n) is 8.00. The Bertz CT molecular complexity index is 1390. The van der Waals surface area contributed by atoms with E-state index >= 15 is 0 Å². The van der Waals surface area contributed by atoms with Crippen LogP contribution < -0.4 is 4.90 Å². The number of piperidine rings is 1. The number of anilines is 1. The van der Waals surface area contributed by atoms with Gasteiger partial charge in [-0.05, 0) is 57.2 Å². The largest absolute Gasteiger partial charge is 0.481 e. The molecule has 9 nitrogen and oxygen atoms in total. The van der Waals surface area contributed by atoms with Crippen molar-refractivity contribution in [3.63, 3.8) is 0 Å². The zero-order valence-electron chi connectivity index (χ0n) is 21.5. The second-order valence-electron chi connectivity index (χ2n) is 10.4. The van der Waals surface area contributed by atoms with Crippen molar-refractivity contribution in [1.29, 1.82) is 5.26 Å². The van der Waals surface area contributed by atoms with Crippen LogP contribution in [0.15, 0.2) is 24.4 Å². The van der Waals surface area contributed by atoms with Gasteiger partial charge < -0.3 is 10.0 Å². The number of carboxylic acids is 1. The molecule has 3 aromatic rings. The van der Waals surface area contributed by atoms with E-state index in [1.54, 1.807) is 29.9 Å². The molecule has 1 aromatic carbocycles. The average molecular weight is 540 g/mol. The van der Waals surface area contributed by atoms with Gasteiger partial charge in [-0.25, -0.2) is 19.0 Å². The molecule has 2 unspecified atom stereocenters. The second kappa shape index (κ2) is 10.8. The number of rotatable bonds is 7. The summed E-state index contributed by atoms with van der Waals surface area (Å²) >= 11 is 5.94. The monoisotopic (exact) mass is 539 g/mol. The van der Waals surface area contributed by atoms with E-state index in [1.165, 1.54) is 6.07 Å². The van der Waals surface area contributed by atoms with Crippen LogP contribution in [0, 0.1) is 23.1 Å². The molecular weight excluding hydrogens is 509 g/mol. The molecule has 0 radical (unpaired) electrons. The lowest BCUT2D eigenvalue weighted by Crippen LogP contribution is -2.52. The highest BCUT2D eigenvalue weighted by Crippen LogP contribution is 2.33. The van der Waals surface area contributed by atoms with Crippen molar-refractivity contribution in [2.45, 2.75) is 64.1 Å². The zero-order chi connectivity index (χ0) is 27.0. The molecule has 2 saturated heterocycles. The van der Waals surface area contributed by atoms with E-state index in [9.17, 15) is 14.4 Å². The fourth-order valence-electron chi connectivity index (χ4n) is 6.10. The van der Waals surface area contributed by atoms with Gasteiger partial charge in [-0.15, -0.1) is 0 Å². The van der Waals surface area contributed by atoms with E-state index in [0.717, 1.165) is 38.9 Å². The molecule has 0 aliphatic carbocycles. The second-order valence-corrected chi connectivity index (χ2v) is 10.8. The van der Waals surface area contributed by atoms with Crippen molar-refractivity contribution >= 4 is 34.6 Å². The molecule has 5 rings (SSSR count). The molecular formula is C27H31ClFN7O2. The summed E-state index contributed by atoms with van der Waals surface area (Å²) < 4.78 is 16.3. The summed E-state index contributed by atoms with van der Waals surface area (Å²) in [7, 11) is 0. The summed E-state index contributed by atoms with van der Waals surface area (Å²) in [6, 6.07) is 6.79. The van der Waals surface area contributed by atoms with E-state index in [4.69, 9.17) is 21.7 Å². The van der Waals surface area contributed by atoms with Crippen LogP contribution in [-0.2, 0) is 4.79 Å². The van der Waals surface area contributed by atoms with E-state index in [0.29, 0.717) is 52.0 Å². The minimum Gasteiger partial charge on any atom is -0.481 e. The summed E-state index contributed by atoms with van der Waals surface area (Å²) in [6.45, 7) is 6.63. The molecule has 1 N–H and O–H groups in total. The third-order valence-corrected chi connectivity index (χ3v) is 8.23. The maximum atomic E-state index is 14.7. The Labute approximate surface area is 225 Å². The molecule has 11 heteroatoms. The number of carboxylic acid groups (broad SMARTS) is 1. The summed E-state index contributed by atoms with van der Waals surface area (Å²) in [4.78, 5) is 25.2. The third kappa shape index (κ3) is 5.05. The Morgan fingerprint density at radius 1 is 1.34 bits per heavy atom. The molecule has 0 saturated carbocycles. The summed E-state index contributed by atoms with van der Waals surface area (Å²) in [6.07, 6.45) is 5.69. The first-order valence-corrected chi connectivity index (χ1v) is 13.5. The van der Waals surface area contributed by atoms with Gasteiger partial charge in [-0.1, -0.05) is 24.6 Å². The summed E-state index contributed by atoms with van der Waals surface area (Å²) in [5, 5.41) is 23.5. The van der Waals surface area contributed by atoms with Crippen LogP contribution in [-0.4, -0.2) is 67.4 Å². The van der Waals surface area contributed by atoms with Crippen molar-refractivity contribution < 1.29 is 14.3 Å². The Morgan fingerprint density at radius 3 is 2.87 bits per heavy atom. The molecule has 0 bridgehead atoms. The van der Waals surface area contributed by atoms with Crippen molar-refractivity contribution in [2.24, 2.45) is 5.92 Å². The number of aliphatic carboxylic acids is 1. The number of hydrogen-bond acceptors (Lipinski definition) is 7. The van der Waals surface area contributed by atoms with Crippen LogP contribution in [0.2, 0.25) is 5.02 Å². The number of nitrogens with zero attached hydrogens (tertiary/aromatic N) is 7. The van der Waals surface area contributed by atoms with Crippen molar-refractivity contribution in [2.75, 3.05) is 24.5 Å². The number of nitriles is 1. The van der Waals surface area contributed by atoms with E-state index in [2.05, 4.69) is 32.9 Å². The molecule has 200 valence electrons. The van der Waals surface area contributed by atoms with Crippen LogP contribution in [0.3, 0.4) is 0 Å². The van der Waals surface area contributed by atoms with Gasteiger partial charge in [0.2, 0.25) is 0 Å². The smallest absolute Gasteiger partial charge is 0.303 e. The van der Waals surface area contributed by atoms with E-state index < -0.39 is 17.8 Å². The number of hydrogen-bond donors (Lipinski definition) is 1. The summed E-state index contributed by atoms with van der Waals surface area (Å²) in [5.74, 6) is -0.134. The van der Waals surface area contributed by atoms with Crippen LogP contribution in [0.5, 0.6) is 0 Å². The normalized spacial score (nSPS) is 23.0. The number of likely N-dealkylation sites (tertiary alicyclic amines) is 1. The van der Waals surface area contributed by atoms with Crippen LogP contribution in [0.1, 0.15) is 63.3 Å². The number of benzene rings is 1. The van der Waals surface area contributed by atoms with Gasteiger partial charge in [0.25, 0.3) is 0 Å². The Kier molecular flexibility index (Phi) is 7.50. The minimum absolute atomic E-state index is 0.147. The lowest BCUT2D eigenvalue weighted by molar-refractivity contribution is -0.137. The topological polar surface area (TPSA) is 111 Å². The molecule has 2 aliphatic heterocycles. The fourth-order valence-corrected chi connectivity index (χ4v) is 6.26. The van der Waals surface area contributed by atoms with Gasteiger partial charge in [-0.2, -0.15) is 10.4 Å². The number of aromatic nitrogens is 4. The number of carbonyl (C=O) groups is 1. The first kappa shape index (κ1) is 26.3. The van der Waals surface area contributed by atoms with Gasteiger partial charge in [0.15, 0.2) is 11.3 Å². The first-order valence-electron chi connectivity index (χ1n) is 13.1. The predicted molar refractivity (Wildman–Crippen MR) is 142 cm³/mol. The lowest BCUT2D eigenvalue weighted by atomic mass is 9.91. The first-order chi connectivity index (χ1) is 18.3. The Morgan fingerprint density at radius 2 is 2.16 bits per heavy atom. The average Bonchev–Trinajstić information content (AvgIpc) is 3.51. The molecule has 2 aromatic heterocycles. The van der Waals surface area contributed by atoms with Gasteiger partial charge in [-0.3, -0.25) is 9.69 Å². The Hall–Kier alpha value is -3.29. The predicted octanol–water partition coefficient (Wildman–Crippen LogP) is 4.64. The SMILES string of the molecule is CC(c1ccc(Cl)cc1F)n1nc(C#N)c2ncc(N3CC[C@H](N4CCCC4CCC(=O)O)[C@H](C)C3)nc21. The molecule has 4 heterocycles. The highest BCUT2D eigenvalue weighted by atomic mass is 35.5. The summed E-state index contributed by atoms with van der Waals surface area (Å²) in [5.41, 5.74) is 1.37. The quantitative estimate of drug-likeness (QED) is 0.462. The Balaban J connectivity index is 1.38. The fraction of sp³-hybridized carbons (Fsp3) is 0.519. The zero-order valence-corrected chi connectivity index (χ0v) is 22.3. The van der Waals surface area contributed by atoms with Gasteiger partial charge in [0, 0.05) is 42.2 Å². The van der Waals surface area contributed by atoms with Gasteiger partial charge in [0.1, 0.15) is 23.2 Å². The van der Waals surface area contributed by atoms with Crippen molar-refractivity contribution in [1.82, 2.24) is 24.6 Å². The maximum absolute atomic E-state index is 14.7. The molecule has 38 heavy (non-hydrogen) atoms. The molecule has 4 atom stereocenters. The van der Waals surface area contributed by atoms with E-state index in [-0.39, 0.29) is 12.1 Å². The van der Waals surface area contributed by atoms with Gasteiger partial charge >= 0.3 is 5.97 Å². The maximum Gasteiger partial charge on any atom is 0.303 e. The lowest BCUT2D eigenvalue weighted by Gasteiger charge is -2.43. The molecule has 0 spiro atoms. The standard InChI is InChI=1S/C27H31ClFN7O2/c1-16-15-34(11-9-23(16)35-10-3-4-19(35)6-8-25(37)38)24-14-31-26-22(13-30)33-36(27(26)32-24)17(2)20-7-5-18(28)12-21(20)29/h5,7,12,14,16-17,19,23H,3-4,6,8-11,15H2,1-2H3,(H,37,38)/t16-,17?,19?,23+/m1/s1. The van der Waals surface area contributed by atoms with Crippen molar-refractivity contribution in [3.05, 3.63) is 46.5 Å². The highest BCUT2D eigenvalue weighted by molar-refractivity contribution is 6.30. The van der Waals surface area contributed by atoms with Crippen LogP contribution in [0.25, 0.3) is 11.2 Å². The number of halogens is 2. The van der Waals surface area contributed by atoms with Crippen LogP contribution in [0.4, 0.5) is 10.2 Å². The van der Waals surface area contributed by atoms with Crippen molar-refractivity contribution in [3.8, 4) is 6.07 Å². The highest BCUT2D eigenvalue weighted by Gasteiger charge is 2.37. The molecule has 2 aliphatic rings. The minimum atomic E-state index is -0.736.